The fourth-order valence-corrected chi connectivity index (χ4v) is 2.22. The Morgan fingerprint density at radius 1 is 1.09 bits per heavy atom. The summed E-state index contributed by atoms with van der Waals surface area (Å²) in [6.07, 6.45) is -2.23. The molecule has 0 heterocycles. The minimum atomic E-state index is -2.32. The SMILES string of the molecule is Cc1cccc(-c2cccc(C(=O)NCCCC(F)F)c2)c1. The highest BCUT2D eigenvalue weighted by molar-refractivity contribution is 5.95. The Kier molecular flexibility index (Phi) is 5.64. The molecule has 0 aliphatic carbocycles. The number of benzene rings is 2. The molecule has 0 radical (unpaired) electrons. The number of aryl methyl sites for hydroxylation is 1. The highest BCUT2D eigenvalue weighted by Gasteiger charge is 2.08. The van der Waals surface area contributed by atoms with E-state index in [-0.39, 0.29) is 25.3 Å². The van der Waals surface area contributed by atoms with Gasteiger partial charge in [0.25, 0.3) is 5.91 Å². The van der Waals surface area contributed by atoms with Gasteiger partial charge in [-0.15, -0.1) is 0 Å². The van der Waals surface area contributed by atoms with Crippen LogP contribution in [0.1, 0.15) is 28.8 Å². The Morgan fingerprint density at radius 2 is 1.77 bits per heavy atom. The summed E-state index contributed by atoms with van der Waals surface area (Å²) in [5.41, 5.74) is 3.70. The fourth-order valence-electron chi connectivity index (χ4n) is 2.22. The average Bonchev–Trinajstić information content (AvgIpc) is 2.51. The van der Waals surface area contributed by atoms with Crippen LogP contribution in [0.5, 0.6) is 0 Å². The van der Waals surface area contributed by atoms with Crippen LogP contribution in [0.4, 0.5) is 8.78 Å². The molecule has 116 valence electrons. The molecule has 4 heteroatoms. The van der Waals surface area contributed by atoms with E-state index in [0.29, 0.717) is 5.56 Å². The third-order valence-corrected chi connectivity index (χ3v) is 3.36. The number of alkyl halides is 2. The Balaban J connectivity index is 2.03. The predicted octanol–water partition coefficient (Wildman–Crippen LogP) is 4.44. The predicted molar refractivity (Wildman–Crippen MR) is 84.2 cm³/mol. The van der Waals surface area contributed by atoms with Gasteiger partial charge in [-0.2, -0.15) is 0 Å². The number of halogens is 2. The lowest BCUT2D eigenvalue weighted by Crippen LogP contribution is -2.24. The van der Waals surface area contributed by atoms with Crippen LogP contribution in [0.15, 0.2) is 48.5 Å². The van der Waals surface area contributed by atoms with Crippen LogP contribution in [0.2, 0.25) is 0 Å². The zero-order valence-electron chi connectivity index (χ0n) is 12.5. The lowest BCUT2D eigenvalue weighted by molar-refractivity contribution is 0.0944. The van der Waals surface area contributed by atoms with Gasteiger partial charge in [0.15, 0.2) is 0 Å². The van der Waals surface area contributed by atoms with Gasteiger partial charge in [0.05, 0.1) is 0 Å². The van der Waals surface area contributed by atoms with Gasteiger partial charge in [-0.25, -0.2) is 8.78 Å². The van der Waals surface area contributed by atoms with Crippen LogP contribution in [0.3, 0.4) is 0 Å². The number of carbonyl (C=O) groups excluding carboxylic acids is 1. The van der Waals surface area contributed by atoms with Gasteiger partial charge in [-0.3, -0.25) is 4.79 Å². The number of rotatable bonds is 6. The average molecular weight is 303 g/mol. The molecular formula is C18H19F2NO. The van der Waals surface area contributed by atoms with Crippen molar-refractivity contribution < 1.29 is 13.6 Å². The third-order valence-electron chi connectivity index (χ3n) is 3.36. The van der Waals surface area contributed by atoms with Crippen LogP contribution in [0, 0.1) is 6.92 Å². The summed E-state index contributed by atoms with van der Waals surface area (Å²) in [4.78, 5) is 12.0. The second-order valence-electron chi connectivity index (χ2n) is 5.24. The zero-order chi connectivity index (χ0) is 15.9. The molecule has 0 aliphatic heterocycles. The number of amides is 1. The molecule has 2 aromatic rings. The lowest BCUT2D eigenvalue weighted by Gasteiger charge is -2.08. The fraction of sp³-hybridized carbons (Fsp3) is 0.278. The normalized spacial score (nSPS) is 10.7. The van der Waals surface area contributed by atoms with Crippen LogP contribution in [-0.2, 0) is 0 Å². The molecule has 0 bridgehead atoms. The van der Waals surface area contributed by atoms with Gasteiger partial charge in [-0.05, 0) is 36.6 Å². The number of carbonyl (C=O) groups is 1. The molecule has 0 fully saturated rings. The summed E-state index contributed by atoms with van der Waals surface area (Å²) < 4.78 is 24.1. The van der Waals surface area contributed by atoms with Crippen LogP contribution >= 0.6 is 0 Å². The van der Waals surface area contributed by atoms with E-state index >= 15 is 0 Å². The van der Waals surface area contributed by atoms with E-state index in [0.717, 1.165) is 16.7 Å². The van der Waals surface area contributed by atoms with E-state index in [9.17, 15) is 13.6 Å². The highest BCUT2D eigenvalue weighted by Crippen LogP contribution is 2.21. The van der Waals surface area contributed by atoms with Crippen molar-refractivity contribution >= 4 is 5.91 Å². The molecule has 2 rings (SSSR count). The van der Waals surface area contributed by atoms with Gasteiger partial charge in [0.2, 0.25) is 6.43 Å². The lowest BCUT2D eigenvalue weighted by atomic mass is 10.0. The van der Waals surface area contributed by atoms with Crippen molar-refractivity contribution in [2.45, 2.75) is 26.2 Å². The smallest absolute Gasteiger partial charge is 0.251 e. The van der Waals surface area contributed by atoms with Gasteiger partial charge in [0, 0.05) is 18.5 Å². The van der Waals surface area contributed by atoms with E-state index in [2.05, 4.69) is 11.4 Å². The van der Waals surface area contributed by atoms with Crippen LogP contribution in [-0.4, -0.2) is 18.9 Å². The maximum atomic E-state index is 12.0. The summed E-state index contributed by atoms with van der Waals surface area (Å²) in [5, 5.41) is 2.67. The molecule has 0 atom stereocenters. The van der Waals surface area contributed by atoms with Gasteiger partial charge < -0.3 is 5.32 Å². The molecule has 0 unspecified atom stereocenters. The molecule has 22 heavy (non-hydrogen) atoms. The molecular weight excluding hydrogens is 284 g/mol. The quantitative estimate of drug-likeness (QED) is 0.785. The van der Waals surface area contributed by atoms with Crippen LogP contribution < -0.4 is 5.32 Å². The van der Waals surface area contributed by atoms with Crippen molar-refractivity contribution in [3.63, 3.8) is 0 Å². The van der Waals surface area contributed by atoms with Gasteiger partial charge in [-0.1, -0.05) is 42.0 Å². The Hall–Kier alpha value is -2.23. The van der Waals surface area contributed by atoms with Crippen molar-refractivity contribution in [1.29, 1.82) is 0 Å². The molecule has 0 aromatic heterocycles. The van der Waals surface area contributed by atoms with Gasteiger partial charge in [0.1, 0.15) is 0 Å². The van der Waals surface area contributed by atoms with Crippen molar-refractivity contribution in [2.75, 3.05) is 6.54 Å². The first-order valence-electron chi connectivity index (χ1n) is 7.30. The number of hydrogen-bond donors (Lipinski definition) is 1. The first-order chi connectivity index (χ1) is 10.6. The minimum absolute atomic E-state index is 0.191. The molecule has 1 amide bonds. The van der Waals surface area contributed by atoms with E-state index in [1.54, 1.807) is 6.07 Å². The second-order valence-corrected chi connectivity index (χ2v) is 5.24. The highest BCUT2D eigenvalue weighted by atomic mass is 19.3. The van der Waals surface area contributed by atoms with E-state index in [1.807, 2.05) is 43.3 Å². The van der Waals surface area contributed by atoms with Crippen LogP contribution in [0.25, 0.3) is 11.1 Å². The monoisotopic (exact) mass is 303 g/mol. The van der Waals surface area contributed by atoms with E-state index in [4.69, 9.17) is 0 Å². The molecule has 0 saturated heterocycles. The summed E-state index contributed by atoms with van der Waals surface area (Å²) in [7, 11) is 0. The Bertz CT molecular complexity index is 640. The van der Waals surface area contributed by atoms with Crippen molar-refractivity contribution in [3.05, 3.63) is 59.7 Å². The first kappa shape index (κ1) is 16.1. The zero-order valence-corrected chi connectivity index (χ0v) is 12.5. The third kappa shape index (κ3) is 4.65. The number of hydrogen-bond acceptors (Lipinski definition) is 1. The molecule has 2 aromatic carbocycles. The number of nitrogens with one attached hydrogen (secondary N) is 1. The summed E-state index contributed by atoms with van der Waals surface area (Å²) >= 11 is 0. The van der Waals surface area contributed by atoms with Gasteiger partial charge >= 0.3 is 0 Å². The topological polar surface area (TPSA) is 29.1 Å². The van der Waals surface area contributed by atoms with E-state index < -0.39 is 6.43 Å². The van der Waals surface area contributed by atoms with Crippen molar-refractivity contribution in [1.82, 2.24) is 5.32 Å². The second kappa shape index (κ2) is 7.69. The molecule has 0 aliphatic rings. The summed E-state index contributed by atoms with van der Waals surface area (Å²) in [6.45, 7) is 2.28. The van der Waals surface area contributed by atoms with E-state index in [1.165, 1.54) is 0 Å². The summed E-state index contributed by atoms with van der Waals surface area (Å²) in [6, 6.07) is 15.4. The van der Waals surface area contributed by atoms with Crippen molar-refractivity contribution in [2.24, 2.45) is 0 Å². The minimum Gasteiger partial charge on any atom is -0.352 e. The maximum absolute atomic E-state index is 12.0. The van der Waals surface area contributed by atoms with Crippen molar-refractivity contribution in [3.8, 4) is 11.1 Å². The molecule has 0 spiro atoms. The Morgan fingerprint density at radius 3 is 2.45 bits per heavy atom. The molecule has 2 nitrogen and oxygen atoms in total. The summed E-state index contributed by atoms with van der Waals surface area (Å²) in [5.74, 6) is -0.233. The Labute approximate surface area is 129 Å². The molecule has 1 N–H and O–H groups in total. The molecule has 0 saturated carbocycles. The standard InChI is InChI=1S/C18H19F2NO/c1-13-5-2-6-14(11-13)15-7-3-8-16(12-15)18(22)21-10-4-9-17(19)20/h2-3,5-8,11-12,17H,4,9-10H2,1H3,(H,21,22). The first-order valence-corrected chi connectivity index (χ1v) is 7.30. The largest absolute Gasteiger partial charge is 0.352 e. The maximum Gasteiger partial charge on any atom is 0.251 e.